The lowest BCUT2D eigenvalue weighted by Crippen LogP contribution is -2.53. The number of carbonyl (C=O) groups excluding carboxylic acids is 2. The number of hydrogen-bond donors (Lipinski definition) is 3. The van der Waals surface area contributed by atoms with Crippen molar-refractivity contribution < 1.29 is 32.6 Å². The van der Waals surface area contributed by atoms with Gasteiger partial charge >= 0.3 is 6.18 Å². The largest absolute Gasteiger partial charge is 0.504 e. The first kappa shape index (κ1) is 37.5. The highest BCUT2D eigenvalue weighted by molar-refractivity contribution is 6.31. The van der Waals surface area contributed by atoms with Crippen molar-refractivity contribution in [1.29, 1.82) is 0 Å². The summed E-state index contributed by atoms with van der Waals surface area (Å²) >= 11 is 6.40. The Morgan fingerprint density at radius 1 is 1.12 bits per heavy atom. The molecule has 3 aromatic rings. The number of nitrogens with one attached hydrogen (secondary N) is 2. The number of alkyl halides is 3. The second-order valence-corrected chi connectivity index (χ2v) is 12.5. The van der Waals surface area contributed by atoms with Gasteiger partial charge in [-0.2, -0.15) is 13.2 Å². The molecule has 1 saturated heterocycles. The summed E-state index contributed by atoms with van der Waals surface area (Å²) in [5, 5.41) is 14.7. The molecule has 3 heterocycles. The van der Waals surface area contributed by atoms with E-state index in [0.717, 1.165) is 28.8 Å². The monoisotopic (exact) mass is 728 g/mol. The van der Waals surface area contributed by atoms with Crippen molar-refractivity contribution in [3.8, 4) is 5.75 Å². The Morgan fingerprint density at radius 3 is 2.49 bits per heavy atom. The molecule has 2 aromatic carbocycles. The summed E-state index contributed by atoms with van der Waals surface area (Å²) in [5.41, 5.74) is 6.48. The molecule has 2 aliphatic heterocycles. The van der Waals surface area contributed by atoms with E-state index >= 15 is 0 Å². The molecule has 1 atom stereocenters. The highest BCUT2D eigenvalue weighted by Crippen LogP contribution is 2.33. The number of aromatic hydroxyl groups is 1. The fraction of sp³-hybridized carbons (Fsp3) is 0.400. The average Bonchev–Trinajstić information content (AvgIpc) is 3.13. The molecule has 272 valence electrons. The van der Waals surface area contributed by atoms with Crippen molar-refractivity contribution >= 4 is 30.1 Å². The summed E-state index contributed by atoms with van der Waals surface area (Å²) in [6.45, 7) is 9.01. The first-order chi connectivity index (χ1) is 24.4. The summed E-state index contributed by atoms with van der Waals surface area (Å²) in [5.74, 6) is -1.25. The van der Waals surface area contributed by atoms with Gasteiger partial charge in [0.15, 0.2) is 11.4 Å². The number of hydrogen-bond acceptors (Lipinski definition) is 10. The predicted octanol–water partition coefficient (Wildman–Crippen LogP) is 4.77. The summed E-state index contributed by atoms with van der Waals surface area (Å²) in [7, 11) is 1.70. The SMILES string of the molecule is C=NC(NN(Cc1ccc(C(F)(F)F)cc1Cl)C(=O)/C(=C(/CC)NC)N1CCN(C(=O)c2ncnc(C)c2O)CC1)c1ccc2c(c1)CCOC2. The van der Waals surface area contributed by atoms with E-state index < -0.39 is 29.7 Å². The van der Waals surface area contributed by atoms with Crippen LogP contribution in [0, 0.1) is 6.92 Å². The third-order valence-corrected chi connectivity index (χ3v) is 9.32. The fourth-order valence-corrected chi connectivity index (χ4v) is 6.31. The van der Waals surface area contributed by atoms with Gasteiger partial charge in [-0.05, 0) is 60.9 Å². The molecule has 0 radical (unpaired) electrons. The van der Waals surface area contributed by atoms with Crippen LogP contribution < -0.4 is 10.7 Å². The van der Waals surface area contributed by atoms with Crippen LogP contribution >= 0.6 is 11.6 Å². The lowest BCUT2D eigenvalue weighted by molar-refractivity contribution is -0.137. The second-order valence-electron chi connectivity index (χ2n) is 12.1. The van der Waals surface area contributed by atoms with Crippen molar-refractivity contribution in [1.82, 2.24) is 35.5 Å². The summed E-state index contributed by atoms with van der Waals surface area (Å²) in [6.07, 6.45) is -3.05. The van der Waals surface area contributed by atoms with Crippen LogP contribution in [0.2, 0.25) is 5.02 Å². The van der Waals surface area contributed by atoms with E-state index in [0.29, 0.717) is 37.4 Å². The standard InChI is InChI=1S/C35H40ClF3N8O4/c1-5-28(40-3)30(45-11-13-46(14-12-45)33(49)29-31(48)21(2)42-20-43-29)34(50)47(18-24-8-9-26(17-27(24)36)35(37,38)39)44-32(41-4)23-6-7-25-19-51-15-10-22(25)16-23/h6-9,16-17,20,32,40,44,48H,4-5,10-15,18-19H2,1-3H3/b30-28+. The van der Waals surface area contributed by atoms with Crippen molar-refractivity contribution in [3.05, 3.63) is 98.3 Å². The van der Waals surface area contributed by atoms with Gasteiger partial charge in [0, 0.05) is 43.9 Å². The number of amides is 2. The number of aromatic nitrogens is 2. The molecule has 0 bridgehead atoms. The van der Waals surface area contributed by atoms with Gasteiger partial charge in [0.1, 0.15) is 18.2 Å². The van der Waals surface area contributed by atoms with Crippen molar-refractivity contribution in [3.63, 3.8) is 0 Å². The molecule has 1 fully saturated rings. The molecule has 12 nitrogen and oxygen atoms in total. The highest BCUT2D eigenvalue weighted by atomic mass is 35.5. The van der Waals surface area contributed by atoms with Crippen LogP contribution in [-0.2, 0) is 35.3 Å². The van der Waals surface area contributed by atoms with Crippen molar-refractivity contribution in [2.75, 3.05) is 39.8 Å². The molecule has 1 aromatic heterocycles. The zero-order valence-corrected chi connectivity index (χ0v) is 29.3. The molecule has 5 rings (SSSR count). The minimum absolute atomic E-state index is 0.103. The van der Waals surface area contributed by atoms with E-state index in [9.17, 15) is 27.9 Å². The zero-order chi connectivity index (χ0) is 36.9. The average molecular weight is 729 g/mol. The Balaban J connectivity index is 1.47. The minimum atomic E-state index is -4.60. The molecule has 0 spiro atoms. The topological polar surface area (TPSA) is 136 Å². The van der Waals surface area contributed by atoms with Crippen LogP contribution in [0.3, 0.4) is 0 Å². The Morgan fingerprint density at radius 2 is 1.84 bits per heavy atom. The first-order valence-electron chi connectivity index (χ1n) is 16.4. The predicted molar refractivity (Wildman–Crippen MR) is 185 cm³/mol. The van der Waals surface area contributed by atoms with E-state index in [1.807, 2.05) is 30.0 Å². The molecule has 2 aliphatic rings. The lowest BCUT2D eigenvalue weighted by Gasteiger charge is -2.39. The minimum Gasteiger partial charge on any atom is -0.504 e. The van der Waals surface area contributed by atoms with Crippen LogP contribution in [0.5, 0.6) is 5.75 Å². The summed E-state index contributed by atoms with van der Waals surface area (Å²) in [6, 6.07) is 8.79. The molecular formula is C35H40ClF3N8O4. The van der Waals surface area contributed by atoms with E-state index in [1.165, 1.54) is 17.4 Å². The number of hydrazine groups is 1. The normalized spacial score (nSPS) is 15.8. The van der Waals surface area contributed by atoms with Gasteiger partial charge in [-0.3, -0.25) is 19.6 Å². The van der Waals surface area contributed by atoms with Crippen LogP contribution in [-0.4, -0.2) is 88.2 Å². The number of piperazine rings is 1. The number of nitrogens with zero attached hydrogens (tertiary/aromatic N) is 6. The molecular weight excluding hydrogens is 689 g/mol. The number of allylic oxidation sites excluding steroid dienone is 1. The van der Waals surface area contributed by atoms with Gasteiger partial charge in [-0.15, -0.1) is 0 Å². The van der Waals surface area contributed by atoms with Gasteiger partial charge in [0.25, 0.3) is 11.8 Å². The first-order valence-corrected chi connectivity index (χ1v) is 16.8. The number of fused-ring (bicyclic) bond motifs is 1. The van der Waals surface area contributed by atoms with E-state index in [4.69, 9.17) is 16.3 Å². The molecule has 16 heteroatoms. The molecule has 0 saturated carbocycles. The second kappa shape index (κ2) is 16.1. The van der Waals surface area contributed by atoms with Crippen molar-refractivity contribution in [2.45, 2.75) is 52.2 Å². The van der Waals surface area contributed by atoms with Gasteiger partial charge in [-0.1, -0.05) is 42.8 Å². The number of carbonyl (C=O) groups is 2. The summed E-state index contributed by atoms with van der Waals surface area (Å²) in [4.78, 5) is 43.6. The van der Waals surface area contributed by atoms with Gasteiger partial charge in [0.05, 0.1) is 31.0 Å². The van der Waals surface area contributed by atoms with Gasteiger partial charge in [0.2, 0.25) is 0 Å². The number of benzene rings is 2. The molecule has 1 unspecified atom stereocenters. The fourth-order valence-electron chi connectivity index (χ4n) is 6.07. The maximum absolute atomic E-state index is 14.8. The Labute approximate surface area is 298 Å². The molecule has 51 heavy (non-hydrogen) atoms. The van der Waals surface area contributed by atoms with Crippen molar-refractivity contribution in [2.24, 2.45) is 4.99 Å². The van der Waals surface area contributed by atoms with E-state index in [-0.39, 0.29) is 60.4 Å². The van der Waals surface area contributed by atoms with E-state index in [2.05, 4.69) is 32.4 Å². The Hall–Kier alpha value is -4.73. The van der Waals surface area contributed by atoms with E-state index in [1.54, 1.807) is 18.9 Å². The van der Waals surface area contributed by atoms with Gasteiger partial charge < -0.3 is 25.0 Å². The van der Waals surface area contributed by atoms with Crippen LogP contribution in [0.15, 0.2) is 59.1 Å². The van der Waals surface area contributed by atoms with Crippen LogP contribution in [0.4, 0.5) is 13.2 Å². The third kappa shape index (κ3) is 8.43. The number of rotatable bonds is 11. The Kier molecular flexibility index (Phi) is 11.8. The van der Waals surface area contributed by atoms with Crippen LogP contribution in [0.1, 0.15) is 63.5 Å². The van der Waals surface area contributed by atoms with Crippen LogP contribution in [0.25, 0.3) is 0 Å². The molecule has 2 amide bonds. The summed E-state index contributed by atoms with van der Waals surface area (Å²) < 4.78 is 46.0. The quantitative estimate of drug-likeness (QED) is 0.145. The maximum atomic E-state index is 14.8. The number of aliphatic imine (C=N–C) groups is 1. The third-order valence-electron chi connectivity index (χ3n) is 8.97. The smallest absolute Gasteiger partial charge is 0.416 e. The number of aryl methyl sites for hydroxylation is 1. The maximum Gasteiger partial charge on any atom is 0.416 e. The lowest BCUT2D eigenvalue weighted by atomic mass is 9.99. The molecule has 3 N–H and O–H groups in total. The number of halogens is 4. The molecule has 0 aliphatic carbocycles. The zero-order valence-electron chi connectivity index (χ0n) is 28.6. The van der Waals surface area contributed by atoms with Gasteiger partial charge in [-0.25, -0.2) is 15.4 Å². The number of ether oxygens (including phenoxy) is 1. The Bertz CT molecular complexity index is 1810. The highest BCUT2D eigenvalue weighted by Gasteiger charge is 2.34.